The third kappa shape index (κ3) is 2.78. The van der Waals surface area contributed by atoms with Gasteiger partial charge in [0.1, 0.15) is 11.6 Å². The number of hydrogen-bond acceptors (Lipinski definition) is 3. The third-order valence-corrected chi connectivity index (χ3v) is 4.30. The predicted octanol–water partition coefficient (Wildman–Crippen LogP) is 4.58. The summed E-state index contributed by atoms with van der Waals surface area (Å²) in [4.78, 5) is 9.36. The average Bonchev–Trinajstić information content (AvgIpc) is 2.45. The van der Waals surface area contributed by atoms with Gasteiger partial charge in [0.15, 0.2) is 0 Å². The summed E-state index contributed by atoms with van der Waals surface area (Å²) in [7, 11) is 1.91. The number of benzene rings is 1. The highest BCUT2D eigenvalue weighted by molar-refractivity contribution is 5.67. The Labute approximate surface area is 126 Å². The number of nitrogens with one attached hydrogen (secondary N) is 1. The van der Waals surface area contributed by atoms with Crippen LogP contribution in [-0.2, 0) is 0 Å². The Morgan fingerprint density at radius 1 is 1.14 bits per heavy atom. The molecule has 1 aliphatic rings. The van der Waals surface area contributed by atoms with Gasteiger partial charge in [-0.25, -0.2) is 9.97 Å². The molecule has 0 aliphatic heterocycles. The molecule has 1 aromatic carbocycles. The lowest BCUT2D eigenvalue weighted by Gasteiger charge is -2.28. The Balaban J connectivity index is 2.09. The summed E-state index contributed by atoms with van der Waals surface area (Å²) in [5.74, 6) is 2.83. The van der Waals surface area contributed by atoms with Gasteiger partial charge in [-0.3, -0.25) is 0 Å². The zero-order chi connectivity index (χ0) is 14.8. The van der Waals surface area contributed by atoms with Crippen LogP contribution in [0.4, 0.5) is 5.82 Å². The van der Waals surface area contributed by atoms with E-state index in [1.165, 1.54) is 30.4 Å². The quantitative estimate of drug-likeness (QED) is 0.891. The fourth-order valence-corrected chi connectivity index (χ4v) is 2.80. The van der Waals surface area contributed by atoms with Crippen LogP contribution in [0, 0.1) is 0 Å². The van der Waals surface area contributed by atoms with E-state index in [9.17, 15) is 0 Å². The molecule has 0 spiro atoms. The van der Waals surface area contributed by atoms with Crippen molar-refractivity contribution >= 4 is 5.82 Å². The molecule has 1 fully saturated rings. The summed E-state index contributed by atoms with van der Waals surface area (Å²) < 4.78 is 0. The fourth-order valence-electron chi connectivity index (χ4n) is 2.80. The zero-order valence-corrected chi connectivity index (χ0v) is 13.1. The summed E-state index contributed by atoms with van der Waals surface area (Å²) >= 11 is 0. The second-order valence-electron chi connectivity index (χ2n) is 6.12. The van der Waals surface area contributed by atoms with Gasteiger partial charge in [0.25, 0.3) is 0 Å². The molecule has 1 N–H and O–H groups in total. The first-order valence-corrected chi connectivity index (χ1v) is 7.85. The van der Waals surface area contributed by atoms with E-state index in [2.05, 4.69) is 54.5 Å². The molecular formula is C18H23N3. The SMILES string of the molecule is CNc1cc(-c2ccccc2C2CCC2)nc(C(C)C)n1. The van der Waals surface area contributed by atoms with Gasteiger partial charge in [0, 0.05) is 24.6 Å². The van der Waals surface area contributed by atoms with E-state index in [0.717, 1.165) is 17.3 Å². The Morgan fingerprint density at radius 2 is 1.90 bits per heavy atom. The first-order valence-electron chi connectivity index (χ1n) is 7.85. The lowest BCUT2D eigenvalue weighted by molar-refractivity contribution is 0.420. The molecule has 2 aromatic rings. The molecule has 0 unspecified atom stereocenters. The minimum Gasteiger partial charge on any atom is -0.373 e. The zero-order valence-electron chi connectivity index (χ0n) is 13.1. The summed E-state index contributed by atoms with van der Waals surface area (Å²) in [5, 5.41) is 3.16. The Kier molecular flexibility index (Phi) is 3.91. The van der Waals surface area contributed by atoms with Crippen LogP contribution in [0.15, 0.2) is 30.3 Å². The van der Waals surface area contributed by atoms with Crippen LogP contribution in [0.2, 0.25) is 0 Å². The lowest BCUT2D eigenvalue weighted by Crippen LogP contribution is -2.11. The Hall–Kier alpha value is -1.90. The highest BCUT2D eigenvalue weighted by Crippen LogP contribution is 2.40. The maximum atomic E-state index is 4.80. The third-order valence-electron chi connectivity index (χ3n) is 4.30. The first kappa shape index (κ1) is 14.1. The normalized spacial score (nSPS) is 15.0. The summed E-state index contributed by atoms with van der Waals surface area (Å²) in [6.07, 6.45) is 3.96. The summed E-state index contributed by atoms with van der Waals surface area (Å²) in [5.41, 5.74) is 3.75. The van der Waals surface area contributed by atoms with Crippen molar-refractivity contribution in [3.63, 3.8) is 0 Å². The molecular weight excluding hydrogens is 258 g/mol. The molecule has 0 bridgehead atoms. The molecule has 21 heavy (non-hydrogen) atoms. The number of hydrogen-bond donors (Lipinski definition) is 1. The van der Waals surface area contributed by atoms with Gasteiger partial charge >= 0.3 is 0 Å². The standard InChI is InChI=1S/C18H23N3/c1-12(2)18-20-16(11-17(19-3)21-18)15-10-5-4-9-14(15)13-7-6-8-13/h4-5,9-13H,6-8H2,1-3H3,(H,19,20,21). The molecule has 110 valence electrons. The fraction of sp³-hybridized carbons (Fsp3) is 0.444. The average molecular weight is 281 g/mol. The van der Waals surface area contributed by atoms with Crippen molar-refractivity contribution in [2.24, 2.45) is 0 Å². The van der Waals surface area contributed by atoms with Gasteiger partial charge in [-0.2, -0.15) is 0 Å². The van der Waals surface area contributed by atoms with Gasteiger partial charge in [-0.05, 0) is 24.3 Å². The van der Waals surface area contributed by atoms with Gasteiger partial charge in [-0.1, -0.05) is 44.5 Å². The van der Waals surface area contributed by atoms with Crippen molar-refractivity contribution in [3.8, 4) is 11.3 Å². The van der Waals surface area contributed by atoms with Gasteiger partial charge in [0.05, 0.1) is 5.69 Å². The van der Waals surface area contributed by atoms with Crippen molar-refractivity contribution < 1.29 is 0 Å². The highest BCUT2D eigenvalue weighted by Gasteiger charge is 2.23. The Morgan fingerprint density at radius 3 is 2.52 bits per heavy atom. The number of anilines is 1. The Bertz CT molecular complexity index is 630. The maximum Gasteiger partial charge on any atom is 0.133 e. The van der Waals surface area contributed by atoms with Crippen molar-refractivity contribution in [1.29, 1.82) is 0 Å². The number of rotatable bonds is 4. The predicted molar refractivity (Wildman–Crippen MR) is 87.7 cm³/mol. The number of aromatic nitrogens is 2. The van der Waals surface area contributed by atoms with Crippen molar-refractivity contribution in [2.45, 2.75) is 44.9 Å². The van der Waals surface area contributed by atoms with Gasteiger partial charge in [0.2, 0.25) is 0 Å². The van der Waals surface area contributed by atoms with Crippen molar-refractivity contribution in [2.75, 3.05) is 12.4 Å². The lowest BCUT2D eigenvalue weighted by atomic mass is 9.78. The van der Waals surface area contributed by atoms with E-state index < -0.39 is 0 Å². The molecule has 1 heterocycles. The summed E-state index contributed by atoms with van der Waals surface area (Å²) in [6, 6.07) is 10.8. The molecule has 0 atom stereocenters. The van der Waals surface area contributed by atoms with Gasteiger partial charge in [-0.15, -0.1) is 0 Å². The largest absolute Gasteiger partial charge is 0.373 e. The van der Waals surface area contributed by atoms with E-state index in [4.69, 9.17) is 4.98 Å². The molecule has 1 aliphatic carbocycles. The molecule has 3 heteroatoms. The van der Waals surface area contributed by atoms with E-state index in [-0.39, 0.29) is 0 Å². The van der Waals surface area contributed by atoms with E-state index in [1.807, 2.05) is 7.05 Å². The highest BCUT2D eigenvalue weighted by atomic mass is 15.0. The minimum atomic E-state index is 0.327. The molecule has 0 saturated heterocycles. The smallest absolute Gasteiger partial charge is 0.133 e. The molecule has 0 amide bonds. The molecule has 3 nitrogen and oxygen atoms in total. The molecule has 1 saturated carbocycles. The van der Waals surface area contributed by atoms with Crippen LogP contribution in [0.1, 0.15) is 56.3 Å². The topological polar surface area (TPSA) is 37.8 Å². The van der Waals surface area contributed by atoms with Crippen LogP contribution >= 0.6 is 0 Å². The van der Waals surface area contributed by atoms with E-state index >= 15 is 0 Å². The van der Waals surface area contributed by atoms with E-state index in [0.29, 0.717) is 11.8 Å². The first-order chi connectivity index (χ1) is 10.2. The summed E-state index contributed by atoms with van der Waals surface area (Å²) in [6.45, 7) is 4.27. The van der Waals surface area contributed by atoms with Crippen LogP contribution in [-0.4, -0.2) is 17.0 Å². The molecule has 0 radical (unpaired) electrons. The van der Waals surface area contributed by atoms with E-state index in [1.54, 1.807) is 0 Å². The second kappa shape index (κ2) is 5.84. The van der Waals surface area contributed by atoms with Crippen LogP contribution in [0.25, 0.3) is 11.3 Å². The van der Waals surface area contributed by atoms with Crippen molar-refractivity contribution in [3.05, 3.63) is 41.7 Å². The monoisotopic (exact) mass is 281 g/mol. The van der Waals surface area contributed by atoms with Crippen LogP contribution in [0.3, 0.4) is 0 Å². The number of nitrogens with zero attached hydrogens (tertiary/aromatic N) is 2. The van der Waals surface area contributed by atoms with Crippen LogP contribution in [0.5, 0.6) is 0 Å². The maximum absolute atomic E-state index is 4.80. The van der Waals surface area contributed by atoms with Crippen molar-refractivity contribution in [1.82, 2.24) is 9.97 Å². The minimum absolute atomic E-state index is 0.327. The van der Waals surface area contributed by atoms with Crippen LogP contribution < -0.4 is 5.32 Å². The molecule has 3 rings (SSSR count). The molecule has 1 aromatic heterocycles. The second-order valence-corrected chi connectivity index (χ2v) is 6.12. The van der Waals surface area contributed by atoms with Gasteiger partial charge < -0.3 is 5.32 Å².